The summed E-state index contributed by atoms with van der Waals surface area (Å²) in [5, 5.41) is 8.12. The molecule has 0 bridgehead atoms. The monoisotopic (exact) mass is 339 g/mol. The molecule has 0 saturated carbocycles. The van der Waals surface area contributed by atoms with Crippen molar-refractivity contribution < 1.29 is 18.3 Å². The highest BCUT2D eigenvalue weighted by Crippen LogP contribution is 2.26. The SMILES string of the molecule is COC(=O)c1c(-c2ccc(C(F)F)cc2)nnn1C[Si](C)(C)C. The lowest BCUT2D eigenvalue weighted by Crippen LogP contribution is -2.30. The number of ether oxygens (including phenoxy) is 1. The lowest BCUT2D eigenvalue weighted by molar-refractivity contribution is 0.0588. The Morgan fingerprint density at radius 3 is 2.35 bits per heavy atom. The van der Waals surface area contributed by atoms with E-state index in [9.17, 15) is 13.6 Å². The molecular formula is C15H19F2N3O2Si. The minimum atomic E-state index is -2.54. The van der Waals surface area contributed by atoms with E-state index in [0.717, 1.165) is 0 Å². The maximum atomic E-state index is 12.7. The molecule has 2 aromatic rings. The molecule has 0 aliphatic carbocycles. The largest absolute Gasteiger partial charge is 0.464 e. The fourth-order valence-corrected chi connectivity index (χ4v) is 3.27. The highest BCUT2D eigenvalue weighted by molar-refractivity contribution is 6.74. The second kappa shape index (κ2) is 6.57. The van der Waals surface area contributed by atoms with Gasteiger partial charge in [0.15, 0.2) is 5.69 Å². The van der Waals surface area contributed by atoms with E-state index >= 15 is 0 Å². The van der Waals surface area contributed by atoms with Crippen molar-refractivity contribution in [3.63, 3.8) is 0 Å². The van der Waals surface area contributed by atoms with E-state index in [1.54, 1.807) is 4.68 Å². The van der Waals surface area contributed by atoms with Crippen LogP contribution in [0, 0.1) is 0 Å². The lowest BCUT2D eigenvalue weighted by Gasteiger charge is -2.16. The first-order valence-corrected chi connectivity index (χ1v) is 10.8. The molecule has 2 rings (SSSR count). The van der Waals surface area contributed by atoms with Crippen molar-refractivity contribution in [3.8, 4) is 11.3 Å². The molecule has 1 aromatic carbocycles. The minimum absolute atomic E-state index is 0.0807. The number of carbonyl (C=O) groups excluding carboxylic acids is 1. The van der Waals surface area contributed by atoms with Crippen LogP contribution in [0.4, 0.5) is 8.78 Å². The van der Waals surface area contributed by atoms with Crippen LogP contribution < -0.4 is 0 Å². The van der Waals surface area contributed by atoms with Gasteiger partial charge in [0.25, 0.3) is 6.43 Å². The predicted molar refractivity (Wildman–Crippen MR) is 85.1 cm³/mol. The average molecular weight is 339 g/mol. The van der Waals surface area contributed by atoms with Crippen molar-refractivity contribution in [1.82, 2.24) is 15.0 Å². The van der Waals surface area contributed by atoms with Crippen LogP contribution in [-0.2, 0) is 10.9 Å². The van der Waals surface area contributed by atoms with Gasteiger partial charge in [-0.3, -0.25) is 0 Å². The number of alkyl halides is 2. The zero-order chi connectivity index (χ0) is 17.2. The molecule has 23 heavy (non-hydrogen) atoms. The molecule has 0 atom stereocenters. The van der Waals surface area contributed by atoms with Crippen LogP contribution in [-0.4, -0.2) is 36.1 Å². The van der Waals surface area contributed by atoms with E-state index in [0.29, 0.717) is 17.4 Å². The average Bonchev–Trinajstić information content (AvgIpc) is 2.88. The van der Waals surface area contributed by atoms with Gasteiger partial charge in [-0.1, -0.05) is 49.1 Å². The molecular weight excluding hydrogens is 320 g/mol. The van der Waals surface area contributed by atoms with Gasteiger partial charge in [-0.15, -0.1) is 5.10 Å². The van der Waals surface area contributed by atoms with Gasteiger partial charge >= 0.3 is 5.97 Å². The molecule has 5 nitrogen and oxygen atoms in total. The van der Waals surface area contributed by atoms with Crippen molar-refractivity contribution in [2.75, 3.05) is 7.11 Å². The van der Waals surface area contributed by atoms with Gasteiger partial charge in [0.1, 0.15) is 5.69 Å². The Morgan fingerprint density at radius 1 is 1.26 bits per heavy atom. The molecule has 8 heteroatoms. The van der Waals surface area contributed by atoms with Crippen molar-refractivity contribution in [1.29, 1.82) is 0 Å². The number of benzene rings is 1. The Bertz CT molecular complexity index is 694. The van der Waals surface area contributed by atoms with Gasteiger partial charge in [0.05, 0.1) is 15.2 Å². The maximum absolute atomic E-state index is 12.7. The zero-order valence-electron chi connectivity index (χ0n) is 13.5. The summed E-state index contributed by atoms with van der Waals surface area (Å²) in [5.41, 5.74) is 1.06. The summed E-state index contributed by atoms with van der Waals surface area (Å²) in [6.07, 6.45) is -1.92. The molecule has 0 amide bonds. The van der Waals surface area contributed by atoms with E-state index in [4.69, 9.17) is 4.74 Å². The number of nitrogens with zero attached hydrogens (tertiary/aromatic N) is 3. The fraction of sp³-hybridized carbons (Fsp3) is 0.400. The van der Waals surface area contributed by atoms with E-state index < -0.39 is 20.5 Å². The molecule has 0 unspecified atom stereocenters. The predicted octanol–water partition coefficient (Wildman–Crippen LogP) is 3.55. The Morgan fingerprint density at radius 2 is 1.87 bits per heavy atom. The molecule has 0 radical (unpaired) electrons. The molecule has 0 spiro atoms. The summed E-state index contributed by atoms with van der Waals surface area (Å²) < 4.78 is 31.7. The van der Waals surface area contributed by atoms with Crippen LogP contribution in [0.3, 0.4) is 0 Å². The van der Waals surface area contributed by atoms with Gasteiger partial charge in [0, 0.05) is 17.3 Å². The number of hydrogen-bond donors (Lipinski definition) is 0. The van der Waals surface area contributed by atoms with Crippen LogP contribution in [0.1, 0.15) is 22.5 Å². The number of carbonyl (C=O) groups is 1. The number of aromatic nitrogens is 3. The van der Waals surface area contributed by atoms with E-state index in [1.807, 2.05) is 0 Å². The Hall–Kier alpha value is -2.09. The van der Waals surface area contributed by atoms with Crippen molar-refractivity contribution in [3.05, 3.63) is 35.5 Å². The molecule has 0 aliphatic rings. The molecule has 0 aliphatic heterocycles. The number of hydrogen-bond acceptors (Lipinski definition) is 4. The number of rotatable bonds is 5. The lowest BCUT2D eigenvalue weighted by atomic mass is 10.1. The van der Waals surface area contributed by atoms with Crippen LogP contribution in [0.2, 0.25) is 19.6 Å². The van der Waals surface area contributed by atoms with Gasteiger partial charge in [-0.25, -0.2) is 18.3 Å². The highest BCUT2D eigenvalue weighted by Gasteiger charge is 2.26. The quantitative estimate of drug-likeness (QED) is 0.617. The zero-order valence-corrected chi connectivity index (χ0v) is 14.5. The second-order valence-corrected chi connectivity index (χ2v) is 11.9. The number of methoxy groups -OCH3 is 1. The molecule has 0 fully saturated rings. The van der Waals surface area contributed by atoms with Gasteiger partial charge in [-0.2, -0.15) is 0 Å². The van der Waals surface area contributed by atoms with Crippen LogP contribution >= 0.6 is 0 Å². The molecule has 0 N–H and O–H groups in total. The van der Waals surface area contributed by atoms with Crippen LogP contribution in [0.5, 0.6) is 0 Å². The summed E-state index contributed by atoms with van der Waals surface area (Å²) in [4.78, 5) is 12.1. The summed E-state index contributed by atoms with van der Waals surface area (Å²) in [7, 11) is -0.256. The third kappa shape index (κ3) is 4.01. The first-order chi connectivity index (χ1) is 10.7. The van der Waals surface area contributed by atoms with Gasteiger partial charge in [-0.05, 0) is 0 Å². The highest BCUT2D eigenvalue weighted by atomic mass is 28.3. The van der Waals surface area contributed by atoms with Crippen LogP contribution in [0.25, 0.3) is 11.3 Å². The molecule has 1 heterocycles. The first-order valence-electron chi connectivity index (χ1n) is 7.13. The second-order valence-electron chi connectivity index (χ2n) is 6.42. The van der Waals surface area contributed by atoms with E-state index in [-0.39, 0.29) is 11.3 Å². The summed E-state index contributed by atoms with van der Waals surface area (Å²) in [6, 6.07) is 5.66. The minimum Gasteiger partial charge on any atom is -0.464 e. The standard InChI is InChI=1S/C15H19F2N3O2Si/c1-22-15(21)13-12(18-19-20(13)9-23(2,3)4)10-5-7-11(8-6-10)14(16)17/h5-8,14H,9H2,1-4H3. The molecule has 0 saturated heterocycles. The van der Waals surface area contributed by atoms with Gasteiger partial charge in [0.2, 0.25) is 0 Å². The topological polar surface area (TPSA) is 57.0 Å². The van der Waals surface area contributed by atoms with Crippen molar-refractivity contribution >= 4 is 14.0 Å². The summed E-state index contributed by atoms with van der Waals surface area (Å²) >= 11 is 0. The Balaban J connectivity index is 2.47. The molecule has 124 valence electrons. The van der Waals surface area contributed by atoms with Crippen molar-refractivity contribution in [2.45, 2.75) is 32.2 Å². The Labute approximate surface area is 134 Å². The normalized spacial score (nSPS) is 11.8. The third-order valence-electron chi connectivity index (χ3n) is 3.17. The summed E-state index contributed by atoms with van der Waals surface area (Å²) in [6.45, 7) is 6.44. The fourth-order valence-electron chi connectivity index (χ4n) is 2.15. The molecule has 1 aromatic heterocycles. The van der Waals surface area contributed by atoms with Crippen molar-refractivity contribution in [2.24, 2.45) is 0 Å². The van der Waals surface area contributed by atoms with Crippen LogP contribution in [0.15, 0.2) is 24.3 Å². The summed E-state index contributed by atoms with van der Waals surface area (Å²) in [5.74, 6) is -0.541. The number of halogens is 2. The van der Waals surface area contributed by atoms with E-state index in [2.05, 4.69) is 30.0 Å². The smallest absolute Gasteiger partial charge is 0.358 e. The maximum Gasteiger partial charge on any atom is 0.358 e. The third-order valence-corrected chi connectivity index (χ3v) is 4.42. The van der Waals surface area contributed by atoms with E-state index in [1.165, 1.54) is 31.4 Å². The first kappa shape index (κ1) is 17.3. The Kier molecular flexibility index (Phi) is 4.93. The van der Waals surface area contributed by atoms with Gasteiger partial charge < -0.3 is 4.74 Å². The number of esters is 1.